The summed E-state index contributed by atoms with van der Waals surface area (Å²) >= 11 is 0. The van der Waals surface area contributed by atoms with Gasteiger partial charge in [0.2, 0.25) is 0 Å². The highest BCUT2D eigenvalue weighted by molar-refractivity contribution is 5.43. The Hall–Kier alpha value is -2.32. The molecule has 1 heterocycles. The molecule has 0 unspecified atom stereocenters. The minimum atomic E-state index is -0.458. The molecule has 0 atom stereocenters. The van der Waals surface area contributed by atoms with Gasteiger partial charge in [-0.05, 0) is 6.07 Å². The normalized spacial score (nSPS) is 10.6. The number of benzene rings is 1. The first-order valence-corrected chi connectivity index (χ1v) is 5.54. The van der Waals surface area contributed by atoms with E-state index in [1.807, 2.05) is 0 Å². The molecule has 2 rings (SSSR count). The quantitative estimate of drug-likeness (QED) is 0.630. The van der Waals surface area contributed by atoms with Gasteiger partial charge in [0.1, 0.15) is 5.69 Å². The lowest BCUT2D eigenvalue weighted by Gasteiger charge is -2.06. The Morgan fingerprint density at radius 3 is 2.95 bits per heavy atom. The van der Waals surface area contributed by atoms with Crippen molar-refractivity contribution in [1.29, 1.82) is 0 Å². The van der Waals surface area contributed by atoms with Crippen molar-refractivity contribution in [2.45, 2.75) is 13.2 Å². The van der Waals surface area contributed by atoms with Crippen LogP contribution in [-0.4, -0.2) is 27.0 Å². The van der Waals surface area contributed by atoms with Crippen LogP contribution in [0.15, 0.2) is 24.3 Å². The molecule has 2 N–H and O–H groups in total. The zero-order valence-corrected chi connectivity index (χ0v) is 10.3. The second kappa shape index (κ2) is 5.55. The molecule has 8 nitrogen and oxygen atoms in total. The van der Waals surface area contributed by atoms with E-state index in [9.17, 15) is 10.1 Å². The predicted molar refractivity (Wildman–Crippen MR) is 66.6 cm³/mol. The number of methoxy groups -OCH3 is 1. The molecule has 0 saturated heterocycles. The number of nitrogens with zero attached hydrogens (tertiary/aromatic N) is 4. The molecule has 19 heavy (non-hydrogen) atoms. The Morgan fingerprint density at radius 1 is 1.53 bits per heavy atom. The zero-order valence-electron chi connectivity index (χ0n) is 10.3. The Labute approximate surface area is 108 Å². The summed E-state index contributed by atoms with van der Waals surface area (Å²) in [4.78, 5) is 10.3. The lowest BCUT2D eigenvalue weighted by molar-refractivity contribution is -0.384. The largest absolute Gasteiger partial charge is 0.378 e. The minimum absolute atomic E-state index is 0.00864. The number of nitrogens with two attached hydrogens (primary N) is 1. The zero-order chi connectivity index (χ0) is 13.8. The number of aromatic nitrogens is 3. The highest BCUT2D eigenvalue weighted by atomic mass is 16.6. The highest BCUT2D eigenvalue weighted by Gasteiger charge is 2.15. The molecule has 0 aliphatic carbocycles. The highest BCUT2D eigenvalue weighted by Crippen LogP contribution is 2.19. The van der Waals surface area contributed by atoms with E-state index >= 15 is 0 Å². The maximum Gasteiger partial charge on any atom is 0.271 e. The number of rotatable bonds is 5. The average molecular weight is 263 g/mol. The van der Waals surface area contributed by atoms with E-state index in [1.54, 1.807) is 19.2 Å². The molecule has 0 radical (unpaired) electrons. The third-order valence-electron chi connectivity index (χ3n) is 2.60. The van der Waals surface area contributed by atoms with Gasteiger partial charge in [0.05, 0.1) is 22.9 Å². The van der Waals surface area contributed by atoms with Gasteiger partial charge in [-0.15, -0.1) is 5.10 Å². The summed E-state index contributed by atoms with van der Waals surface area (Å²) in [5.74, 6) is 0. The number of nitro benzene ring substituents is 1. The Morgan fingerprint density at radius 2 is 2.32 bits per heavy atom. The number of hydrogen-bond acceptors (Lipinski definition) is 6. The van der Waals surface area contributed by atoms with Crippen LogP contribution in [0.3, 0.4) is 0 Å². The van der Waals surface area contributed by atoms with Crippen LogP contribution in [0.4, 0.5) is 5.69 Å². The van der Waals surface area contributed by atoms with E-state index in [-0.39, 0.29) is 18.8 Å². The van der Waals surface area contributed by atoms with E-state index < -0.39 is 4.92 Å². The Balaban J connectivity index is 2.49. The van der Waals surface area contributed by atoms with Crippen LogP contribution in [0.1, 0.15) is 11.4 Å². The van der Waals surface area contributed by atoms with Crippen LogP contribution >= 0.6 is 0 Å². The predicted octanol–water partition coefficient (Wildman–Crippen LogP) is 0.781. The van der Waals surface area contributed by atoms with Gasteiger partial charge >= 0.3 is 0 Å². The third-order valence-corrected chi connectivity index (χ3v) is 2.60. The third kappa shape index (κ3) is 2.59. The molecular formula is C11H13N5O3. The summed E-state index contributed by atoms with van der Waals surface area (Å²) in [5.41, 5.74) is 7.40. The van der Waals surface area contributed by atoms with Crippen molar-refractivity contribution in [2.75, 3.05) is 7.11 Å². The fourth-order valence-corrected chi connectivity index (χ4v) is 1.72. The molecule has 2 aromatic rings. The van der Waals surface area contributed by atoms with Crippen LogP contribution < -0.4 is 5.73 Å². The topological polar surface area (TPSA) is 109 Å². The number of non-ortho nitro benzene ring substituents is 1. The van der Waals surface area contributed by atoms with Gasteiger partial charge in [-0.25, -0.2) is 4.68 Å². The molecule has 1 aromatic heterocycles. The van der Waals surface area contributed by atoms with E-state index in [2.05, 4.69) is 10.3 Å². The molecule has 0 fully saturated rings. The summed E-state index contributed by atoms with van der Waals surface area (Å²) in [6.07, 6.45) is 0. The van der Waals surface area contributed by atoms with E-state index in [4.69, 9.17) is 10.5 Å². The molecular weight excluding hydrogens is 250 g/mol. The van der Waals surface area contributed by atoms with Crippen LogP contribution in [0.25, 0.3) is 5.69 Å². The second-order valence-electron chi connectivity index (χ2n) is 3.81. The fourth-order valence-electron chi connectivity index (χ4n) is 1.72. The molecule has 8 heteroatoms. The number of nitro groups is 1. The molecule has 0 saturated carbocycles. The van der Waals surface area contributed by atoms with Crippen LogP contribution in [-0.2, 0) is 17.9 Å². The molecule has 0 amide bonds. The summed E-state index contributed by atoms with van der Waals surface area (Å²) < 4.78 is 6.58. The lowest BCUT2D eigenvalue weighted by Crippen LogP contribution is -2.07. The van der Waals surface area contributed by atoms with Crippen LogP contribution in [0.5, 0.6) is 0 Å². The van der Waals surface area contributed by atoms with Crippen LogP contribution in [0.2, 0.25) is 0 Å². The Bertz CT molecular complexity index is 596. The first kappa shape index (κ1) is 13.1. The molecule has 0 spiro atoms. The second-order valence-corrected chi connectivity index (χ2v) is 3.81. The van der Waals surface area contributed by atoms with Crippen molar-refractivity contribution >= 4 is 5.69 Å². The minimum Gasteiger partial charge on any atom is -0.378 e. The van der Waals surface area contributed by atoms with E-state index in [0.717, 1.165) is 0 Å². The lowest BCUT2D eigenvalue weighted by atomic mass is 10.2. The summed E-state index contributed by atoms with van der Waals surface area (Å²) in [7, 11) is 1.55. The van der Waals surface area contributed by atoms with Gasteiger partial charge in [0, 0.05) is 25.8 Å². The molecule has 0 aliphatic rings. The van der Waals surface area contributed by atoms with Gasteiger partial charge in [-0.2, -0.15) is 0 Å². The summed E-state index contributed by atoms with van der Waals surface area (Å²) in [5, 5.41) is 18.7. The van der Waals surface area contributed by atoms with Crippen molar-refractivity contribution in [3.05, 3.63) is 45.8 Å². The summed E-state index contributed by atoms with van der Waals surface area (Å²) in [6.45, 7) is 0.510. The van der Waals surface area contributed by atoms with E-state index in [1.165, 1.54) is 16.8 Å². The van der Waals surface area contributed by atoms with Crippen molar-refractivity contribution in [1.82, 2.24) is 15.0 Å². The first-order chi connectivity index (χ1) is 9.17. The van der Waals surface area contributed by atoms with Gasteiger partial charge in [0.25, 0.3) is 5.69 Å². The van der Waals surface area contributed by atoms with Gasteiger partial charge in [-0.3, -0.25) is 10.1 Å². The van der Waals surface area contributed by atoms with Crippen molar-refractivity contribution < 1.29 is 9.66 Å². The SMILES string of the molecule is COCc1c(CN)nnn1-c1cccc([N+](=O)[O-])c1. The van der Waals surface area contributed by atoms with Crippen LogP contribution in [0, 0.1) is 10.1 Å². The number of hydrogen-bond donors (Lipinski definition) is 1. The first-order valence-electron chi connectivity index (χ1n) is 5.54. The van der Waals surface area contributed by atoms with Gasteiger partial charge in [0.15, 0.2) is 0 Å². The number of ether oxygens (including phenoxy) is 1. The van der Waals surface area contributed by atoms with Crippen molar-refractivity contribution in [3.63, 3.8) is 0 Å². The molecule has 1 aromatic carbocycles. The molecule has 0 bridgehead atoms. The maximum absolute atomic E-state index is 10.8. The molecule has 100 valence electrons. The van der Waals surface area contributed by atoms with E-state index in [0.29, 0.717) is 17.1 Å². The van der Waals surface area contributed by atoms with Crippen molar-refractivity contribution in [3.8, 4) is 5.69 Å². The fraction of sp³-hybridized carbons (Fsp3) is 0.273. The van der Waals surface area contributed by atoms with Gasteiger partial charge in [-0.1, -0.05) is 11.3 Å². The standard InChI is InChI=1S/C11H13N5O3/c1-19-7-11-10(6-12)13-14-15(11)8-3-2-4-9(5-8)16(17)18/h2-5H,6-7,12H2,1H3. The average Bonchev–Trinajstić information content (AvgIpc) is 2.82. The Kier molecular flexibility index (Phi) is 3.83. The van der Waals surface area contributed by atoms with Crippen molar-refractivity contribution in [2.24, 2.45) is 5.73 Å². The molecule has 0 aliphatic heterocycles. The summed E-state index contributed by atoms with van der Waals surface area (Å²) in [6, 6.07) is 6.14. The smallest absolute Gasteiger partial charge is 0.271 e. The maximum atomic E-state index is 10.8. The van der Waals surface area contributed by atoms with Gasteiger partial charge < -0.3 is 10.5 Å². The monoisotopic (exact) mass is 263 g/mol.